The maximum atomic E-state index is 5.95. The molecule has 0 aliphatic rings. The van der Waals surface area contributed by atoms with Gasteiger partial charge in [-0.3, -0.25) is 0 Å². The summed E-state index contributed by atoms with van der Waals surface area (Å²) in [6, 6.07) is 0. The van der Waals surface area contributed by atoms with E-state index in [4.69, 9.17) is 15.2 Å². The van der Waals surface area contributed by atoms with Crippen molar-refractivity contribution in [3.8, 4) is 5.88 Å². The van der Waals surface area contributed by atoms with Crippen molar-refractivity contribution in [2.24, 2.45) is 0 Å². The van der Waals surface area contributed by atoms with Crippen molar-refractivity contribution in [2.45, 2.75) is 39.4 Å². The minimum Gasteiger partial charge on any atom is -0.473 e. The Hall–Kier alpha value is -1.56. The second-order valence-corrected chi connectivity index (χ2v) is 4.93. The molecule has 0 amide bonds. The normalized spacial score (nSPS) is 11.7. The third kappa shape index (κ3) is 4.03. The van der Waals surface area contributed by atoms with Gasteiger partial charge in [-0.1, -0.05) is 0 Å². The molecular weight excluding hydrogens is 232 g/mol. The van der Waals surface area contributed by atoms with E-state index in [1.807, 2.05) is 27.7 Å². The number of rotatable bonds is 6. The molecule has 1 aromatic rings. The van der Waals surface area contributed by atoms with Crippen LogP contribution >= 0.6 is 0 Å². The van der Waals surface area contributed by atoms with Gasteiger partial charge in [0.15, 0.2) is 5.82 Å². The van der Waals surface area contributed by atoms with Gasteiger partial charge in [0, 0.05) is 13.7 Å². The van der Waals surface area contributed by atoms with Gasteiger partial charge >= 0.3 is 0 Å². The number of methoxy groups -OCH3 is 1. The smallest absolute Gasteiger partial charge is 0.242 e. The minimum atomic E-state index is -0.295. The van der Waals surface area contributed by atoms with Crippen molar-refractivity contribution in [1.29, 1.82) is 0 Å². The number of hydrogen-bond acceptors (Lipinski definition) is 6. The molecule has 0 aliphatic heterocycles. The van der Waals surface area contributed by atoms with Crippen LogP contribution in [0, 0.1) is 0 Å². The molecule has 0 saturated carbocycles. The predicted molar refractivity (Wildman–Crippen MR) is 71.8 cm³/mol. The molecule has 6 heteroatoms. The SMILES string of the molecule is COC(C)(C)CNc1ncnc(OC(C)C)c1N. The van der Waals surface area contributed by atoms with Crippen molar-refractivity contribution in [1.82, 2.24) is 9.97 Å². The van der Waals surface area contributed by atoms with E-state index in [9.17, 15) is 0 Å². The molecule has 0 radical (unpaired) electrons. The number of nitrogens with two attached hydrogens (primary N) is 1. The van der Waals surface area contributed by atoms with Crippen LogP contribution in [0.4, 0.5) is 11.5 Å². The molecule has 0 bridgehead atoms. The van der Waals surface area contributed by atoms with Crippen LogP contribution in [-0.2, 0) is 4.74 Å². The summed E-state index contributed by atoms with van der Waals surface area (Å²) in [4.78, 5) is 8.11. The summed E-state index contributed by atoms with van der Waals surface area (Å²) >= 11 is 0. The second-order valence-electron chi connectivity index (χ2n) is 4.93. The van der Waals surface area contributed by atoms with Crippen molar-refractivity contribution in [2.75, 3.05) is 24.7 Å². The third-order valence-corrected chi connectivity index (χ3v) is 2.43. The van der Waals surface area contributed by atoms with Crippen LogP contribution in [0.5, 0.6) is 5.88 Å². The first-order chi connectivity index (χ1) is 8.35. The van der Waals surface area contributed by atoms with E-state index in [1.165, 1.54) is 6.33 Å². The number of nitrogen functional groups attached to an aromatic ring is 1. The van der Waals surface area contributed by atoms with Crippen molar-refractivity contribution >= 4 is 11.5 Å². The lowest BCUT2D eigenvalue weighted by Crippen LogP contribution is -2.32. The number of aromatic nitrogens is 2. The lowest BCUT2D eigenvalue weighted by atomic mass is 10.1. The molecule has 3 N–H and O–H groups in total. The fourth-order valence-electron chi connectivity index (χ4n) is 1.21. The molecule has 0 unspecified atom stereocenters. The number of hydrogen-bond donors (Lipinski definition) is 2. The van der Waals surface area contributed by atoms with Gasteiger partial charge in [0.05, 0.1) is 11.7 Å². The minimum absolute atomic E-state index is 0.0190. The molecule has 1 heterocycles. The van der Waals surface area contributed by atoms with E-state index in [1.54, 1.807) is 7.11 Å². The zero-order chi connectivity index (χ0) is 13.8. The monoisotopic (exact) mass is 254 g/mol. The van der Waals surface area contributed by atoms with Gasteiger partial charge in [0.2, 0.25) is 5.88 Å². The molecule has 0 aliphatic carbocycles. The summed E-state index contributed by atoms with van der Waals surface area (Å²) in [7, 11) is 1.66. The molecule has 0 fully saturated rings. The van der Waals surface area contributed by atoms with Crippen molar-refractivity contribution in [3.63, 3.8) is 0 Å². The Labute approximate surface area is 108 Å². The van der Waals surface area contributed by atoms with Gasteiger partial charge in [-0.2, -0.15) is 4.98 Å². The van der Waals surface area contributed by atoms with Gasteiger partial charge in [-0.05, 0) is 27.7 Å². The van der Waals surface area contributed by atoms with Gasteiger partial charge in [-0.25, -0.2) is 4.98 Å². The third-order valence-electron chi connectivity index (χ3n) is 2.43. The molecule has 0 aromatic carbocycles. The lowest BCUT2D eigenvalue weighted by Gasteiger charge is -2.24. The molecule has 6 nitrogen and oxygen atoms in total. The van der Waals surface area contributed by atoms with Gasteiger partial charge in [0.1, 0.15) is 12.0 Å². The molecule has 0 saturated heterocycles. The van der Waals surface area contributed by atoms with Crippen LogP contribution in [0.25, 0.3) is 0 Å². The topological polar surface area (TPSA) is 82.3 Å². The van der Waals surface area contributed by atoms with E-state index in [2.05, 4.69) is 15.3 Å². The quantitative estimate of drug-likeness (QED) is 0.803. The van der Waals surface area contributed by atoms with Crippen LogP contribution < -0.4 is 15.8 Å². The molecule has 1 rings (SSSR count). The Morgan fingerprint density at radius 2 is 2.06 bits per heavy atom. The highest BCUT2D eigenvalue weighted by molar-refractivity contribution is 5.66. The van der Waals surface area contributed by atoms with Crippen LogP contribution in [0.1, 0.15) is 27.7 Å². The number of ether oxygens (including phenoxy) is 2. The molecule has 18 heavy (non-hydrogen) atoms. The summed E-state index contributed by atoms with van der Waals surface area (Å²) in [6.45, 7) is 8.38. The Balaban J connectivity index is 2.78. The molecular formula is C12H22N4O2. The van der Waals surface area contributed by atoms with Crippen LogP contribution in [0.3, 0.4) is 0 Å². The molecule has 1 aromatic heterocycles. The summed E-state index contributed by atoms with van der Waals surface area (Å²) in [5.74, 6) is 0.962. The summed E-state index contributed by atoms with van der Waals surface area (Å²) < 4.78 is 10.8. The fraction of sp³-hybridized carbons (Fsp3) is 0.667. The summed E-state index contributed by atoms with van der Waals surface area (Å²) in [5, 5.41) is 3.14. The van der Waals surface area contributed by atoms with Crippen molar-refractivity contribution in [3.05, 3.63) is 6.33 Å². The second kappa shape index (κ2) is 5.86. The first kappa shape index (κ1) is 14.5. The number of anilines is 2. The lowest BCUT2D eigenvalue weighted by molar-refractivity contribution is 0.0343. The average molecular weight is 254 g/mol. The molecule has 0 spiro atoms. The zero-order valence-electron chi connectivity index (χ0n) is 11.7. The molecule has 0 atom stereocenters. The standard InChI is InChI=1S/C12H22N4O2/c1-8(2)18-11-9(13)10(15-7-16-11)14-6-12(3,4)17-5/h7-8H,6,13H2,1-5H3,(H,14,15,16). The van der Waals surface area contributed by atoms with Crippen LogP contribution in [0.2, 0.25) is 0 Å². The van der Waals surface area contributed by atoms with Gasteiger partial charge in [-0.15, -0.1) is 0 Å². The average Bonchev–Trinajstić information content (AvgIpc) is 2.30. The van der Waals surface area contributed by atoms with Crippen LogP contribution in [0.15, 0.2) is 6.33 Å². The first-order valence-electron chi connectivity index (χ1n) is 5.92. The first-order valence-corrected chi connectivity index (χ1v) is 5.92. The van der Waals surface area contributed by atoms with E-state index in [-0.39, 0.29) is 11.7 Å². The number of nitrogens with one attached hydrogen (secondary N) is 1. The summed E-state index contributed by atoms with van der Waals surface area (Å²) in [6.07, 6.45) is 1.45. The fourth-order valence-corrected chi connectivity index (χ4v) is 1.21. The van der Waals surface area contributed by atoms with Gasteiger partial charge < -0.3 is 20.5 Å². The maximum Gasteiger partial charge on any atom is 0.242 e. The molecule has 102 valence electrons. The van der Waals surface area contributed by atoms with E-state index in [0.29, 0.717) is 23.9 Å². The Kier molecular flexibility index (Phi) is 4.72. The summed E-state index contributed by atoms with van der Waals surface area (Å²) in [5.41, 5.74) is 6.07. The van der Waals surface area contributed by atoms with E-state index < -0.39 is 0 Å². The Morgan fingerprint density at radius 1 is 1.39 bits per heavy atom. The highest BCUT2D eigenvalue weighted by atomic mass is 16.5. The zero-order valence-corrected chi connectivity index (χ0v) is 11.7. The van der Waals surface area contributed by atoms with Gasteiger partial charge in [0.25, 0.3) is 0 Å². The van der Waals surface area contributed by atoms with E-state index >= 15 is 0 Å². The maximum absolute atomic E-state index is 5.95. The van der Waals surface area contributed by atoms with E-state index in [0.717, 1.165) is 0 Å². The predicted octanol–water partition coefficient (Wildman–Crippen LogP) is 1.68. The highest BCUT2D eigenvalue weighted by Crippen LogP contribution is 2.25. The number of nitrogens with zero attached hydrogens (tertiary/aromatic N) is 2. The van der Waals surface area contributed by atoms with Crippen LogP contribution in [-0.4, -0.2) is 35.3 Å². The van der Waals surface area contributed by atoms with Crippen molar-refractivity contribution < 1.29 is 9.47 Å². The Bertz CT molecular complexity index is 394. The largest absolute Gasteiger partial charge is 0.473 e. The highest BCUT2D eigenvalue weighted by Gasteiger charge is 2.18. The Morgan fingerprint density at radius 3 is 2.61 bits per heavy atom.